The molecule has 2 heterocycles. The average molecular weight is 476 g/mol. The van der Waals surface area contributed by atoms with E-state index in [1.165, 1.54) is 11.3 Å². The summed E-state index contributed by atoms with van der Waals surface area (Å²) in [7, 11) is 1.58. The van der Waals surface area contributed by atoms with Crippen LogP contribution >= 0.6 is 22.9 Å². The van der Waals surface area contributed by atoms with Gasteiger partial charge in [-0.05, 0) is 36.8 Å². The highest BCUT2D eigenvalue weighted by Gasteiger charge is 2.23. The van der Waals surface area contributed by atoms with Crippen molar-refractivity contribution in [2.24, 2.45) is 0 Å². The Hall–Kier alpha value is -2.39. The highest BCUT2D eigenvalue weighted by Crippen LogP contribution is 2.34. The third kappa shape index (κ3) is 5.15. The van der Waals surface area contributed by atoms with Crippen LogP contribution in [0.4, 0.5) is 5.13 Å². The van der Waals surface area contributed by atoms with Crippen molar-refractivity contribution in [3.8, 4) is 11.5 Å². The van der Waals surface area contributed by atoms with Crippen LogP contribution in [0, 0.1) is 6.92 Å². The van der Waals surface area contributed by atoms with Crippen LogP contribution in [-0.4, -0.2) is 68.9 Å². The molecule has 32 heavy (non-hydrogen) atoms. The third-order valence-electron chi connectivity index (χ3n) is 5.43. The number of para-hydroxylation sites is 2. The smallest absolute Gasteiger partial charge is 0.266 e. The molecule has 1 fully saturated rings. The Kier molecular flexibility index (Phi) is 7.47. The van der Waals surface area contributed by atoms with Gasteiger partial charge in [-0.25, -0.2) is 4.98 Å². The lowest BCUT2D eigenvalue weighted by atomic mass is 10.2. The number of amides is 1. The van der Waals surface area contributed by atoms with Crippen molar-refractivity contribution in [2.75, 3.05) is 58.0 Å². The second-order valence-electron chi connectivity index (χ2n) is 7.45. The number of fused-ring (bicyclic) bond motifs is 1. The minimum atomic E-state index is -0.160. The van der Waals surface area contributed by atoms with Gasteiger partial charge in [0.25, 0.3) is 5.91 Å². The first-order chi connectivity index (χ1) is 15.6. The van der Waals surface area contributed by atoms with Crippen LogP contribution in [0.1, 0.15) is 5.56 Å². The van der Waals surface area contributed by atoms with Gasteiger partial charge in [-0.1, -0.05) is 35.1 Å². The van der Waals surface area contributed by atoms with Crippen molar-refractivity contribution in [1.29, 1.82) is 0 Å². The summed E-state index contributed by atoms with van der Waals surface area (Å²) in [6.07, 6.45) is 0. The number of thiazole rings is 1. The van der Waals surface area contributed by atoms with Gasteiger partial charge >= 0.3 is 0 Å². The van der Waals surface area contributed by atoms with Crippen molar-refractivity contribution >= 4 is 44.2 Å². The maximum Gasteiger partial charge on any atom is 0.266 e. The Balaban J connectivity index is 1.55. The van der Waals surface area contributed by atoms with E-state index in [-0.39, 0.29) is 12.5 Å². The van der Waals surface area contributed by atoms with Crippen molar-refractivity contribution in [3.05, 3.63) is 47.0 Å². The van der Waals surface area contributed by atoms with E-state index in [0.29, 0.717) is 41.4 Å². The summed E-state index contributed by atoms with van der Waals surface area (Å²) in [5, 5.41) is 1.31. The van der Waals surface area contributed by atoms with E-state index in [1.807, 2.05) is 31.2 Å². The van der Waals surface area contributed by atoms with Crippen LogP contribution in [0.2, 0.25) is 5.02 Å². The van der Waals surface area contributed by atoms with Gasteiger partial charge in [0.05, 0.1) is 30.5 Å². The molecule has 0 spiro atoms. The van der Waals surface area contributed by atoms with Gasteiger partial charge in [0.15, 0.2) is 23.2 Å². The largest absolute Gasteiger partial charge is 0.493 e. The minimum absolute atomic E-state index is 0.112. The molecule has 0 aliphatic carbocycles. The number of ether oxygens (including phenoxy) is 3. The van der Waals surface area contributed by atoms with Gasteiger partial charge in [0.1, 0.15) is 0 Å². The van der Waals surface area contributed by atoms with Crippen LogP contribution in [-0.2, 0) is 9.53 Å². The lowest BCUT2D eigenvalue weighted by Gasteiger charge is -2.29. The fraction of sp³-hybridized carbons (Fsp3) is 0.391. The Morgan fingerprint density at radius 3 is 2.72 bits per heavy atom. The molecule has 0 saturated carbocycles. The summed E-state index contributed by atoms with van der Waals surface area (Å²) in [5.74, 6) is 0.959. The molecular formula is C23H26ClN3O4S. The molecule has 1 aliphatic heterocycles. The molecule has 4 rings (SSSR count). The fourth-order valence-electron chi connectivity index (χ4n) is 3.55. The molecule has 1 saturated heterocycles. The minimum Gasteiger partial charge on any atom is -0.493 e. The normalized spacial score (nSPS) is 14.5. The molecule has 1 aromatic heterocycles. The van der Waals surface area contributed by atoms with E-state index in [0.717, 1.165) is 35.4 Å². The Morgan fingerprint density at radius 1 is 1.22 bits per heavy atom. The summed E-state index contributed by atoms with van der Waals surface area (Å²) in [5.41, 5.74) is 1.74. The van der Waals surface area contributed by atoms with E-state index in [9.17, 15) is 4.79 Å². The highest BCUT2D eigenvalue weighted by molar-refractivity contribution is 7.22. The topological polar surface area (TPSA) is 64.1 Å². The number of hydrogen-bond donors (Lipinski definition) is 0. The molecule has 0 unspecified atom stereocenters. The number of halogens is 1. The number of aryl methyl sites for hydroxylation is 1. The Labute approximate surface area is 196 Å². The van der Waals surface area contributed by atoms with Crippen LogP contribution in [0.3, 0.4) is 0 Å². The first-order valence-corrected chi connectivity index (χ1v) is 11.7. The molecule has 0 bridgehead atoms. The standard InChI is InChI=1S/C23H26ClN3O4S/c1-16-17(24)7-8-20-22(16)25-23(32-20)27(10-9-26-11-13-30-14-12-26)21(28)15-31-19-6-4-3-5-18(19)29-2/h3-8H,9-15H2,1-2H3. The van der Waals surface area contributed by atoms with Gasteiger partial charge in [-0.3, -0.25) is 14.6 Å². The van der Waals surface area contributed by atoms with Gasteiger partial charge in [0, 0.05) is 31.2 Å². The number of benzene rings is 2. The number of carbonyl (C=O) groups is 1. The maximum atomic E-state index is 13.3. The summed E-state index contributed by atoms with van der Waals surface area (Å²) < 4.78 is 17.6. The lowest BCUT2D eigenvalue weighted by Crippen LogP contribution is -2.44. The zero-order valence-corrected chi connectivity index (χ0v) is 19.7. The molecule has 9 heteroatoms. The quantitative estimate of drug-likeness (QED) is 0.490. The summed E-state index contributed by atoms with van der Waals surface area (Å²) in [4.78, 5) is 22.0. The first kappa shape index (κ1) is 22.8. The number of anilines is 1. The van der Waals surface area contributed by atoms with Gasteiger partial charge in [-0.15, -0.1) is 0 Å². The van der Waals surface area contributed by atoms with Crippen LogP contribution in [0.5, 0.6) is 11.5 Å². The fourth-order valence-corrected chi connectivity index (χ4v) is 4.77. The van der Waals surface area contributed by atoms with Gasteiger partial charge < -0.3 is 14.2 Å². The summed E-state index contributed by atoms with van der Waals surface area (Å²) in [6, 6.07) is 11.1. The number of morpholine rings is 1. The number of nitrogens with zero attached hydrogens (tertiary/aromatic N) is 3. The molecule has 1 amide bonds. The van der Waals surface area contributed by atoms with Crippen molar-refractivity contribution in [2.45, 2.75) is 6.92 Å². The molecule has 0 N–H and O–H groups in total. The van der Waals surface area contributed by atoms with Crippen LogP contribution < -0.4 is 14.4 Å². The third-order valence-corrected chi connectivity index (χ3v) is 6.89. The number of methoxy groups -OCH3 is 1. The van der Waals surface area contributed by atoms with Gasteiger partial charge in [0.2, 0.25) is 0 Å². The van der Waals surface area contributed by atoms with Crippen molar-refractivity contribution < 1.29 is 19.0 Å². The molecule has 170 valence electrons. The van der Waals surface area contributed by atoms with Crippen molar-refractivity contribution in [3.63, 3.8) is 0 Å². The molecule has 1 aliphatic rings. The number of carbonyl (C=O) groups excluding carboxylic acids is 1. The molecule has 7 nitrogen and oxygen atoms in total. The molecule has 2 aromatic carbocycles. The molecule has 0 atom stereocenters. The van der Waals surface area contributed by atoms with E-state index < -0.39 is 0 Å². The maximum absolute atomic E-state index is 13.3. The van der Waals surface area contributed by atoms with Crippen LogP contribution in [0.25, 0.3) is 10.2 Å². The van der Waals surface area contributed by atoms with E-state index >= 15 is 0 Å². The highest BCUT2D eigenvalue weighted by atomic mass is 35.5. The second kappa shape index (κ2) is 10.5. The second-order valence-corrected chi connectivity index (χ2v) is 8.87. The zero-order chi connectivity index (χ0) is 22.5. The number of aromatic nitrogens is 1. The summed E-state index contributed by atoms with van der Waals surface area (Å²) in [6.45, 7) is 6.22. The Morgan fingerprint density at radius 2 is 1.97 bits per heavy atom. The zero-order valence-electron chi connectivity index (χ0n) is 18.2. The summed E-state index contributed by atoms with van der Waals surface area (Å²) >= 11 is 7.77. The van der Waals surface area contributed by atoms with E-state index in [4.69, 9.17) is 30.8 Å². The van der Waals surface area contributed by atoms with E-state index in [2.05, 4.69) is 4.90 Å². The number of rotatable bonds is 8. The van der Waals surface area contributed by atoms with E-state index in [1.54, 1.807) is 24.1 Å². The number of hydrogen-bond acceptors (Lipinski definition) is 7. The monoisotopic (exact) mass is 475 g/mol. The first-order valence-electron chi connectivity index (χ1n) is 10.5. The molecule has 0 radical (unpaired) electrons. The SMILES string of the molecule is COc1ccccc1OCC(=O)N(CCN1CCOCC1)c1nc2c(C)c(Cl)ccc2s1. The Bertz CT molecular complexity index is 1080. The lowest BCUT2D eigenvalue weighted by molar-refractivity contribution is -0.120. The molecular weight excluding hydrogens is 450 g/mol. The van der Waals surface area contributed by atoms with Crippen LogP contribution in [0.15, 0.2) is 36.4 Å². The van der Waals surface area contributed by atoms with Gasteiger partial charge in [-0.2, -0.15) is 0 Å². The predicted molar refractivity (Wildman–Crippen MR) is 127 cm³/mol. The average Bonchev–Trinajstić information content (AvgIpc) is 3.26. The van der Waals surface area contributed by atoms with Crippen molar-refractivity contribution in [1.82, 2.24) is 9.88 Å². The predicted octanol–water partition coefficient (Wildman–Crippen LogP) is 4.01. The molecule has 3 aromatic rings.